The average molecular weight is 493 g/mol. The van der Waals surface area contributed by atoms with Gasteiger partial charge in [0.05, 0.1) is 0 Å². The van der Waals surface area contributed by atoms with E-state index in [9.17, 15) is 14.7 Å². The molecule has 6 nitrogen and oxygen atoms in total. The molecular weight excluding hydrogens is 460 g/mol. The molecule has 0 radical (unpaired) electrons. The van der Waals surface area contributed by atoms with Crippen LogP contribution in [0.5, 0.6) is 5.75 Å². The smallest absolute Gasteiger partial charge is 0.326 e. The molecule has 0 heterocycles. The van der Waals surface area contributed by atoms with E-state index in [0.29, 0.717) is 37.4 Å². The van der Waals surface area contributed by atoms with E-state index in [4.69, 9.17) is 4.74 Å². The summed E-state index contributed by atoms with van der Waals surface area (Å²) in [5.41, 5.74) is 4.26. The first kappa shape index (κ1) is 26.3. The van der Waals surface area contributed by atoms with Gasteiger partial charge >= 0.3 is 5.97 Å². The lowest BCUT2D eigenvalue weighted by Gasteiger charge is -2.18. The van der Waals surface area contributed by atoms with Gasteiger partial charge in [-0.25, -0.2) is 4.79 Å². The number of carbonyl (C=O) groups is 2. The quantitative estimate of drug-likeness (QED) is 0.298. The Morgan fingerprint density at radius 2 is 1.74 bits per heavy atom. The number of carboxylic acids is 1. The third-order valence-corrected chi connectivity index (χ3v) is 6.24. The van der Waals surface area contributed by atoms with Crippen molar-refractivity contribution in [3.05, 3.63) is 89.5 Å². The highest BCUT2D eigenvalue weighted by atomic mass is 32.2. The fourth-order valence-corrected chi connectivity index (χ4v) is 4.19. The van der Waals surface area contributed by atoms with Crippen LogP contribution in [0.4, 0.5) is 0 Å². The Labute approximate surface area is 211 Å². The molecule has 0 spiro atoms. The van der Waals surface area contributed by atoms with Crippen LogP contribution in [-0.2, 0) is 11.3 Å². The minimum absolute atomic E-state index is 0.370. The maximum Gasteiger partial charge on any atom is 0.326 e. The van der Waals surface area contributed by atoms with Gasteiger partial charge in [-0.1, -0.05) is 48.5 Å². The van der Waals surface area contributed by atoms with E-state index < -0.39 is 12.0 Å². The fraction of sp³-hybridized carbons (Fsp3) is 0.286. The maximum atomic E-state index is 13.2. The fourth-order valence-electron chi connectivity index (χ4n) is 3.72. The number of carboxylic acid groups (broad SMARTS) is 1. The minimum atomic E-state index is -1.02. The van der Waals surface area contributed by atoms with Crippen LogP contribution in [0.25, 0.3) is 11.1 Å². The molecular formula is C28H32N2O4S. The van der Waals surface area contributed by atoms with E-state index >= 15 is 0 Å². The number of hydrogen-bond donors (Lipinski definition) is 3. The number of thioether (sulfide) groups is 1. The molecule has 3 aromatic rings. The van der Waals surface area contributed by atoms with Crippen LogP contribution in [0.15, 0.2) is 72.8 Å². The minimum Gasteiger partial charge on any atom is -0.492 e. The van der Waals surface area contributed by atoms with E-state index in [1.54, 1.807) is 17.8 Å². The van der Waals surface area contributed by atoms with E-state index in [1.807, 2.05) is 79.9 Å². The molecule has 1 amide bonds. The van der Waals surface area contributed by atoms with Gasteiger partial charge in [0.15, 0.2) is 0 Å². The van der Waals surface area contributed by atoms with E-state index in [-0.39, 0.29) is 5.91 Å². The van der Waals surface area contributed by atoms with Crippen LogP contribution in [0, 0.1) is 6.92 Å². The molecule has 0 saturated carbocycles. The van der Waals surface area contributed by atoms with Crippen molar-refractivity contribution in [1.29, 1.82) is 0 Å². The van der Waals surface area contributed by atoms with Gasteiger partial charge in [0.25, 0.3) is 5.91 Å². The second-order valence-corrected chi connectivity index (χ2v) is 9.16. The number of benzene rings is 3. The van der Waals surface area contributed by atoms with Crippen molar-refractivity contribution in [1.82, 2.24) is 10.6 Å². The predicted octanol–water partition coefficient (Wildman–Crippen LogP) is 4.77. The third-order valence-electron chi connectivity index (χ3n) is 5.60. The summed E-state index contributed by atoms with van der Waals surface area (Å²) in [7, 11) is 0. The van der Waals surface area contributed by atoms with Crippen molar-refractivity contribution in [3.63, 3.8) is 0 Å². The van der Waals surface area contributed by atoms with Crippen molar-refractivity contribution >= 4 is 23.6 Å². The summed E-state index contributed by atoms with van der Waals surface area (Å²) < 4.78 is 5.72. The summed E-state index contributed by atoms with van der Waals surface area (Å²) in [6, 6.07) is 22.3. The van der Waals surface area contributed by atoms with Crippen LogP contribution < -0.4 is 15.4 Å². The number of nitrogens with one attached hydrogen (secondary N) is 2. The zero-order valence-corrected chi connectivity index (χ0v) is 20.9. The number of amides is 1. The molecule has 1 atom stereocenters. The SMILES string of the molecule is CSCCC(NC(=O)c1ccc(CNCCOc2ccccc2)cc1-c1ccccc1C)C(=O)O. The molecule has 0 aliphatic carbocycles. The zero-order chi connectivity index (χ0) is 25.0. The monoisotopic (exact) mass is 492 g/mol. The Morgan fingerprint density at radius 3 is 2.46 bits per heavy atom. The van der Waals surface area contributed by atoms with Gasteiger partial charge in [0.2, 0.25) is 0 Å². The Morgan fingerprint density at radius 1 is 1.00 bits per heavy atom. The van der Waals surface area contributed by atoms with Crippen molar-refractivity contribution < 1.29 is 19.4 Å². The number of aliphatic carboxylic acids is 1. The maximum absolute atomic E-state index is 13.2. The second-order valence-electron chi connectivity index (χ2n) is 8.18. The molecule has 0 aromatic heterocycles. The predicted molar refractivity (Wildman–Crippen MR) is 142 cm³/mol. The number of aryl methyl sites for hydroxylation is 1. The number of ether oxygens (including phenoxy) is 1. The van der Waals surface area contributed by atoms with Crippen LogP contribution in [0.3, 0.4) is 0 Å². The first-order valence-corrected chi connectivity index (χ1v) is 13.0. The lowest BCUT2D eigenvalue weighted by atomic mass is 9.93. The first-order chi connectivity index (χ1) is 17.0. The molecule has 1 unspecified atom stereocenters. The Balaban J connectivity index is 1.74. The highest BCUT2D eigenvalue weighted by Crippen LogP contribution is 2.28. The molecule has 3 aromatic carbocycles. The van der Waals surface area contributed by atoms with E-state index in [0.717, 1.165) is 28.0 Å². The summed E-state index contributed by atoms with van der Waals surface area (Å²) in [6.07, 6.45) is 2.28. The van der Waals surface area contributed by atoms with Gasteiger partial charge in [0, 0.05) is 18.7 Å². The Kier molecular flexibility index (Phi) is 10.2. The van der Waals surface area contributed by atoms with Crippen molar-refractivity contribution in [2.45, 2.75) is 25.9 Å². The van der Waals surface area contributed by atoms with Gasteiger partial charge in [-0.05, 0) is 71.9 Å². The lowest BCUT2D eigenvalue weighted by Crippen LogP contribution is -2.41. The van der Waals surface area contributed by atoms with Crippen molar-refractivity contribution in [3.8, 4) is 16.9 Å². The lowest BCUT2D eigenvalue weighted by molar-refractivity contribution is -0.139. The highest BCUT2D eigenvalue weighted by molar-refractivity contribution is 7.98. The summed E-state index contributed by atoms with van der Waals surface area (Å²) in [5, 5.41) is 15.6. The van der Waals surface area contributed by atoms with Crippen LogP contribution >= 0.6 is 11.8 Å². The number of rotatable bonds is 13. The molecule has 0 aliphatic rings. The molecule has 7 heteroatoms. The molecule has 184 valence electrons. The zero-order valence-electron chi connectivity index (χ0n) is 20.1. The Hall–Kier alpha value is -3.29. The number of carbonyl (C=O) groups excluding carboxylic acids is 1. The summed E-state index contributed by atoms with van der Waals surface area (Å²) in [4.78, 5) is 24.8. The molecule has 0 saturated heterocycles. The van der Waals surface area contributed by atoms with Crippen molar-refractivity contribution in [2.24, 2.45) is 0 Å². The molecule has 3 rings (SSSR count). The molecule has 0 aliphatic heterocycles. The number of para-hydroxylation sites is 1. The van der Waals surface area contributed by atoms with Gasteiger partial charge in [-0.2, -0.15) is 11.8 Å². The molecule has 0 bridgehead atoms. The topological polar surface area (TPSA) is 87.7 Å². The van der Waals surface area contributed by atoms with Gasteiger partial charge in [-0.3, -0.25) is 4.79 Å². The number of hydrogen-bond acceptors (Lipinski definition) is 5. The first-order valence-electron chi connectivity index (χ1n) is 11.6. The molecule has 3 N–H and O–H groups in total. The van der Waals surface area contributed by atoms with Crippen LogP contribution in [-0.4, -0.2) is 48.2 Å². The standard InChI is InChI=1S/C28H32N2O4S/c1-20-8-6-7-11-23(20)25-18-21(19-29-15-16-34-22-9-4-3-5-10-22)12-13-24(25)27(31)30-26(28(32)33)14-17-35-2/h3-13,18,26,29H,14-17,19H2,1-2H3,(H,30,31)(H,32,33). The largest absolute Gasteiger partial charge is 0.492 e. The molecule has 0 fully saturated rings. The summed E-state index contributed by atoms with van der Waals surface area (Å²) in [5.74, 6) is 0.0835. The van der Waals surface area contributed by atoms with E-state index in [2.05, 4.69) is 10.6 Å². The third kappa shape index (κ3) is 7.87. The Bertz CT molecular complexity index is 1120. The summed E-state index contributed by atoms with van der Waals surface area (Å²) in [6.45, 7) is 3.83. The van der Waals surface area contributed by atoms with Gasteiger partial charge in [0.1, 0.15) is 18.4 Å². The average Bonchev–Trinajstić information content (AvgIpc) is 2.87. The van der Waals surface area contributed by atoms with E-state index in [1.165, 1.54) is 0 Å². The van der Waals surface area contributed by atoms with Crippen LogP contribution in [0.2, 0.25) is 0 Å². The van der Waals surface area contributed by atoms with Gasteiger partial charge < -0.3 is 20.5 Å². The van der Waals surface area contributed by atoms with Gasteiger partial charge in [-0.15, -0.1) is 0 Å². The second kappa shape index (κ2) is 13.6. The molecule has 35 heavy (non-hydrogen) atoms. The van der Waals surface area contributed by atoms with Crippen LogP contribution in [0.1, 0.15) is 27.9 Å². The summed E-state index contributed by atoms with van der Waals surface area (Å²) >= 11 is 1.55. The highest BCUT2D eigenvalue weighted by Gasteiger charge is 2.22. The van der Waals surface area contributed by atoms with Crippen molar-refractivity contribution in [2.75, 3.05) is 25.2 Å². The normalized spacial score (nSPS) is 11.6.